The molecule has 0 spiro atoms. The van der Waals surface area contributed by atoms with Crippen LogP contribution in [0.25, 0.3) is 10.2 Å². The molecule has 2 aromatic heterocycles. The molecule has 0 unspecified atom stereocenters. The number of para-hydroxylation sites is 1. The van der Waals surface area contributed by atoms with Crippen molar-refractivity contribution in [1.82, 2.24) is 15.0 Å². The van der Waals surface area contributed by atoms with E-state index in [9.17, 15) is 0 Å². The maximum atomic E-state index is 5.47. The molecule has 1 aliphatic carbocycles. The van der Waals surface area contributed by atoms with Gasteiger partial charge in [-0.05, 0) is 31.4 Å². The van der Waals surface area contributed by atoms with Gasteiger partial charge in [-0.15, -0.1) is 0 Å². The normalized spacial score (nSPS) is 19.0. The van der Waals surface area contributed by atoms with E-state index in [1.54, 1.807) is 11.3 Å². The Labute approximate surface area is 151 Å². The van der Waals surface area contributed by atoms with Crippen LogP contribution in [0, 0.1) is 6.92 Å². The molecular formula is C19H22N4OS. The Morgan fingerprint density at radius 1 is 1.20 bits per heavy atom. The van der Waals surface area contributed by atoms with Crippen LogP contribution >= 0.6 is 11.3 Å². The lowest BCUT2D eigenvalue weighted by molar-refractivity contribution is 0.241. The molecule has 0 N–H and O–H groups in total. The van der Waals surface area contributed by atoms with Crippen molar-refractivity contribution in [3.63, 3.8) is 0 Å². The van der Waals surface area contributed by atoms with Crippen molar-refractivity contribution in [2.24, 2.45) is 0 Å². The van der Waals surface area contributed by atoms with Crippen LogP contribution in [0.2, 0.25) is 0 Å². The van der Waals surface area contributed by atoms with Gasteiger partial charge in [0, 0.05) is 44.7 Å². The van der Waals surface area contributed by atoms with E-state index in [0.29, 0.717) is 5.92 Å². The minimum Gasteiger partial charge on any atom is -0.361 e. The van der Waals surface area contributed by atoms with Gasteiger partial charge in [0.1, 0.15) is 5.76 Å². The Balaban J connectivity index is 1.23. The van der Waals surface area contributed by atoms with E-state index in [-0.39, 0.29) is 0 Å². The molecule has 0 radical (unpaired) electrons. The third kappa shape index (κ3) is 3.04. The van der Waals surface area contributed by atoms with Gasteiger partial charge in [0.05, 0.1) is 15.9 Å². The lowest BCUT2D eigenvalue weighted by Gasteiger charge is -2.34. The number of hydrogen-bond acceptors (Lipinski definition) is 6. The van der Waals surface area contributed by atoms with Crippen molar-refractivity contribution in [2.75, 3.05) is 31.1 Å². The van der Waals surface area contributed by atoms with E-state index in [2.05, 4.69) is 46.1 Å². The molecule has 2 aliphatic rings. The highest BCUT2D eigenvalue weighted by molar-refractivity contribution is 7.22. The topological polar surface area (TPSA) is 45.4 Å². The zero-order valence-corrected chi connectivity index (χ0v) is 15.3. The van der Waals surface area contributed by atoms with Gasteiger partial charge in [-0.1, -0.05) is 28.6 Å². The predicted molar refractivity (Wildman–Crippen MR) is 100 cm³/mol. The molecule has 0 amide bonds. The second-order valence-corrected chi connectivity index (χ2v) is 8.19. The van der Waals surface area contributed by atoms with Gasteiger partial charge in [-0.3, -0.25) is 4.90 Å². The number of nitrogens with zero attached hydrogens (tertiary/aromatic N) is 4. The van der Waals surface area contributed by atoms with Crippen molar-refractivity contribution in [1.29, 1.82) is 0 Å². The third-order valence-corrected chi connectivity index (χ3v) is 6.28. The molecule has 1 aromatic carbocycles. The maximum absolute atomic E-state index is 5.47. The van der Waals surface area contributed by atoms with E-state index in [1.165, 1.54) is 23.1 Å². The molecule has 1 saturated heterocycles. The molecule has 130 valence electrons. The van der Waals surface area contributed by atoms with E-state index in [1.807, 2.05) is 0 Å². The summed E-state index contributed by atoms with van der Waals surface area (Å²) >= 11 is 1.81. The van der Waals surface area contributed by atoms with Crippen molar-refractivity contribution in [3.05, 3.63) is 41.3 Å². The van der Waals surface area contributed by atoms with Gasteiger partial charge in [-0.2, -0.15) is 0 Å². The first-order valence-corrected chi connectivity index (χ1v) is 9.87. The fraction of sp³-hybridized carbons (Fsp3) is 0.474. The molecule has 2 fully saturated rings. The number of thiazole rings is 1. The van der Waals surface area contributed by atoms with Gasteiger partial charge in [0.2, 0.25) is 0 Å². The van der Waals surface area contributed by atoms with Crippen LogP contribution in [0.4, 0.5) is 5.13 Å². The van der Waals surface area contributed by atoms with Gasteiger partial charge in [0.15, 0.2) is 5.13 Å². The van der Waals surface area contributed by atoms with Gasteiger partial charge < -0.3 is 9.42 Å². The standard InChI is InChI=1S/C19H22N4OS/c1-13-3-2-4-17-18(13)20-19(25-17)23-9-7-22(8-10-23)12-15-11-16(24-21-15)14-5-6-14/h2-4,11,14H,5-10,12H2,1H3. The molecule has 5 rings (SSSR count). The number of aryl methyl sites for hydroxylation is 1. The van der Waals surface area contributed by atoms with Crippen LogP contribution in [0.3, 0.4) is 0 Å². The summed E-state index contributed by atoms with van der Waals surface area (Å²) in [6.07, 6.45) is 2.52. The van der Waals surface area contributed by atoms with Gasteiger partial charge in [-0.25, -0.2) is 4.98 Å². The number of benzene rings is 1. The SMILES string of the molecule is Cc1cccc2sc(N3CCN(Cc4cc(C5CC5)on4)CC3)nc12. The van der Waals surface area contributed by atoms with Crippen LogP contribution in [-0.2, 0) is 6.54 Å². The van der Waals surface area contributed by atoms with Crippen LogP contribution in [0.1, 0.15) is 35.8 Å². The molecule has 5 nitrogen and oxygen atoms in total. The van der Waals surface area contributed by atoms with Gasteiger partial charge >= 0.3 is 0 Å². The Morgan fingerprint density at radius 2 is 2.04 bits per heavy atom. The van der Waals surface area contributed by atoms with Crippen LogP contribution < -0.4 is 4.90 Å². The van der Waals surface area contributed by atoms with Crippen molar-refractivity contribution in [3.8, 4) is 0 Å². The number of fused-ring (bicyclic) bond motifs is 1. The highest BCUT2D eigenvalue weighted by Crippen LogP contribution is 2.40. The summed E-state index contributed by atoms with van der Waals surface area (Å²) in [7, 11) is 0. The van der Waals surface area contributed by atoms with Gasteiger partial charge in [0.25, 0.3) is 0 Å². The van der Waals surface area contributed by atoms with Crippen molar-refractivity contribution in [2.45, 2.75) is 32.2 Å². The smallest absolute Gasteiger partial charge is 0.186 e. The molecule has 6 heteroatoms. The molecule has 0 atom stereocenters. The maximum Gasteiger partial charge on any atom is 0.186 e. The Kier molecular flexibility index (Phi) is 3.75. The number of aromatic nitrogens is 2. The van der Waals surface area contributed by atoms with Crippen LogP contribution in [0.15, 0.2) is 28.8 Å². The van der Waals surface area contributed by atoms with E-state index in [4.69, 9.17) is 9.51 Å². The summed E-state index contributed by atoms with van der Waals surface area (Å²) < 4.78 is 6.75. The Hall–Kier alpha value is -1.92. The zero-order chi connectivity index (χ0) is 16.8. The first-order valence-electron chi connectivity index (χ1n) is 9.05. The Bertz CT molecular complexity index is 890. The van der Waals surface area contributed by atoms with E-state index >= 15 is 0 Å². The summed E-state index contributed by atoms with van der Waals surface area (Å²) in [5.74, 6) is 1.72. The second kappa shape index (κ2) is 6.11. The first-order chi connectivity index (χ1) is 12.3. The monoisotopic (exact) mass is 354 g/mol. The number of piperazine rings is 1. The summed E-state index contributed by atoms with van der Waals surface area (Å²) in [5.41, 5.74) is 3.49. The number of rotatable bonds is 4. The summed E-state index contributed by atoms with van der Waals surface area (Å²) in [6.45, 7) is 7.15. The molecular weight excluding hydrogens is 332 g/mol. The average molecular weight is 354 g/mol. The van der Waals surface area contributed by atoms with Crippen LogP contribution in [-0.4, -0.2) is 41.2 Å². The lowest BCUT2D eigenvalue weighted by Crippen LogP contribution is -2.46. The summed E-state index contributed by atoms with van der Waals surface area (Å²) in [6, 6.07) is 8.57. The summed E-state index contributed by atoms with van der Waals surface area (Å²) in [4.78, 5) is 9.75. The third-order valence-electron chi connectivity index (χ3n) is 5.19. The minimum atomic E-state index is 0.639. The predicted octanol–water partition coefficient (Wildman–Crippen LogP) is 3.79. The highest BCUT2D eigenvalue weighted by atomic mass is 32.1. The fourth-order valence-corrected chi connectivity index (χ4v) is 4.59. The largest absolute Gasteiger partial charge is 0.361 e. The quantitative estimate of drug-likeness (QED) is 0.713. The molecule has 1 aliphatic heterocycles. The average Bonchev–Trinajstić information content (AvgIpc) is 3.20. The van der Waals surface area contributed by atoms with Crippen molar-refractivity contribution < 1.29 is 4.52 Å². The minimum absolute atomic E-state index is 0.639. The number of anilines is 1. The highest BCUT2D eigenvalue weighted by Gasteiger charge is 2.28. The van der Waals surface area contributed by atoms with E-state index < -0.39 is 0 Å². The van der Waals surface area contributed by atoms with Crippen LogP contribution in [0.5, 0.6) is 0 Å². The lowest BCUT2D eigenvalue weighted by atomic mass is 10.2. The summed E-state index contributed by atoms with van der Waals surface area (Å²) in [5, 5.41) is 5.40. The molecule has 0 bridgehead atoms. The molecule has 3 heterocycles. The zero-order valence-electron chi connectivity index (χ0n) is 14.4. The molecule has 3 aromatic rings. The van der Waals surface area contributed by atoms with E-state index in [0.717, 1.165) is 54.8 Å². The first kappa shape index (κ1) is 15.3. The fourth-order valence-electron chi connectivity index (χ4n) is 3.50. The molecule has 25 heavy (non-hydrogen) atoms. The Morgan fingerprint density at radius 3 is 2.80 bits per heavy atom. The van der Waals surface area contributed by atoms with Crippen molar-refractivity contribution >= 4 is 26.7 Å². The molecule has 1 saturated carbocycles. The second-order valence-electron chi connectivity index (χ2n) is 7.18. The number of hydrogen-bond donors (Lipinski definition) is 0.